The van der Waals surface area contributed by atoms with Crippen molar-refractivity contribution in [3.63, 3.8) is 0 Å². The molecule has 146 valence electrons. The molecule has 1 aromatic carbocycles. The fourth-order valence-corrected chi connectivity index (χ4v) is 2.48. The number of aryl methyl sites for hydroxylation is 1. The van der Waals surface area contributed by atoms with Crippen molar-refractivity contribution in [3.05, 3.63) is 63.1 Å². The lowest BCUT2D eigenvalue weighted by Crippen LogP contribution is -2.14. The average Bonchev–Trinajstić information content (AvgIpc) is 3.06. The van der Waals surface area contributed by atoms with Crippen LogP contribution >= 0.6 is 0 Å². The lowest BCUT2D eigenvalue weighted by atomic mass is 10.2. The quantitative estimate of drug-likeness (QED) is 0.397. The van der Waals surface area contributed by atoms with Gasteiger partial charge in [0.05, 0.1) is 4.92 Å². The zero-order valence-electron chi connectivity index (χ0n) is 14.1. The minimum atomic E-state index is -3.14. The number of anilines is 1. The molecule has 1 N–H and O–H groups in total. The number of nitrogens with zero attached hydrogens (tertiary/aromatic N) is 4. The number of carbonyl (C=O) groups is 1. The van der Waals surface area contributed by atoms with Gasteiger partial charge in [0.2, 0.25) is 0 Å². The fourth-order valence-electron chi connectivity index (χ4n) is 2.48. The summed E-state index contributed by atoms with van der Waals surface area (Å²) in [6.07, 6.45) is -6.23. The van der Waals surface area contributed by atoms with Crippen molar-refractivity contribution < 1.29 is 27.3 Å². The highest BCUT2D eigenvalue weighted by atomic mass is 19.3. The molecule has 0 spiro atoms. The van der Waals surface area contributed by atoms with Gasteiger partial charge in [-0.1, -0.05) is 6.07 Å². The summed E-state index contributed by atoms with van der Waals surface area (Å²) in [4.78, 5) is 26.3. The molecule has 3 rings (SSSR count). The lowest BCUT2D eigenvalue weighted by Gasteiger charge is -2.06. The summed E-state index contributed by atoms with van der Waals surface area (Å²) in [6, 6.07) is 5.51. The highest BCUT2D eigenvalue weighted by molar-refractivity contribution is 6.04. The molecule has 12 heteroatoms. The Hall–Kier alpha value is -3.57. The molecule has 2 aromatic heterocycles. The Balaban J connectivity index is 2.01. The highest BCUT2D eigenvalue weighted by Crippen LogP contribution is 2.27. The molecule has 0 aliphatic rings. The first-order valence-corrected chi connectivity index (χ1v) is 7.70. The Morgan fingerprint density at radius 2 is 1.89 bits per heavy atom. The summed E-state index contributed by atoms with van der Waals surface area (Å²) in [6.45, 7) is 1.62. The number of halogens is 4. The summed E-state index contributed by atoms with van der Waals surface area (Å²) >= 11 is 0. The average molecular weight is 397 g/mol. The van der Waals surface area contributed by atoms with E-state index in [9.17, 15) is 32.5 Å². The molecule has 3 aromatic rings. The zero-order valence-corrected chi connectivity index (χ0v) is 14.1. The summed E-state index contributed by atoms with van der Waals surface area (Å²) in [7, 11) is 0. The maximum absolute atomic E-state index is 13.2. The molecule has 0 unspecified atom stereocenters. The van der Waals surface area contributed by atoms with Crippen LogP contribution in [0.25, 0.3) is 5.65 Å². The van der Waals surface area contributed by atoms with E-state index >= 15 is 0 Å². The van der Waals surface area contributed by atoms with E-state index < -0.39 is 40.8 Å². The molecule has 0 aliphatic heterocycles. The van der Waals surface area contributed by atoms with Crippen molar-refractivity contribution in [3.8, 4) is 0 Å². The minimum Gasteiger partial charge on any atom is -0.315 e. The summed E-state index contributed by atoms with van der Waals surface area (Å²) in [5.41, 5.74) is -2.46. The number of nitro benzene ring substituents is 1. The van der Waals surface area contributed by atoms with Crippen molar-refractivity contribution in [2.45, 2.75) is 19.8 Å². The molecule has 8 nitrogen and oxygen atoms in total. The molecule has 1 amide bonds. The standard InChI is InChI=1S/C16H11F4N5O3/c1-7-2-3-8(11(4-7)25(27)28)22-16(26)10-6-13-21-9(14(17)18)5-12(15(19)20)24(13)23-10/h2-6,14-15H,1H3,(H,22,26). The fraction of sp³-hybridized carbons (Fsp3) is 0.188. The van der Waals surface area contributed by atoms with E-state index in [0.29, 0.717) is 16.1 Å². The number of nitro groups is 1. The van der Waals surface area contributed by atoms with E-state index in [4.69, 9.17) is 0 Å². The third kappa shape index (κ3) is 3.61. The van der Waals surface area contributed by atoms with Gasteiger partial charge in [-0.25, -0.2) is 27.1 Å². The van der Waals surface area contributed by atoms with Gasteiger partial charge >= 0.3 is 0 Å². The second-order valence-corrected chi connectivity index (χ2v) is 5.74. The molecule has 2 heterocycles. The van der Waals surface area contributed by atoms with Crippen LogP contribution in [0.4, 0.5) is 28.9 Å². The van der Waals surface area contributed by atoms with Crippen LogP contribution in [0.1, 0.15) is 40.3 Å². The van der Waals surface area contributed by atoms with E-state index in [-0.39, 0.29) is 17.0 Å². The normalized spacial score (nSPS) is 11.4. The maximum atomic E-state index is 13.2. The number of amides is 1. The third-order valence-electron chi connectivity index (χ3n) is 3.75. The predicted octanol–water partition coefficient (Wildman–Crippen LogP) is 4.07. The van der Waals surface area contributed by atoms with Gasteiger partial charge in [-0.2, -0.15) is 5.10 Å². The Bertz CT molecular complexity index is 1080. The van der Waals surface area contributed by atoms with Gasteiger partial charge in [0, 0.05) is 12.1 Å². The topological polar surface area (TPSA) is 102 Å². The van der Waals surface area contributed by atoms with Gasteiger partial charge in [-0.15, -0.1) is 0 Å². The maximum Gasteiger partial charge on any atom is 0.293 e. The van der Waals surface area contributed by atoms with Crippen LogP contribution < -0.4 is 5.32 Å². The molecule has 0 aliphatic carbocycles. The number of nitrogens with one attached hydrogen (secondary N) is 1. The summed E-state index contributed by atoms with van der Waals surface area (Å²) in [5.74, 6) is -0.948. The Morgan fingerprint density at radius 3 is 2.50 bits per heavy atom. The number of hydrogen-bond acceptors (Lipinski definition) is 5. The molecule has 0 bridgehead atoms. The van der Waals surface area contributed by atoms with Gasteiger partial charge in [-0.3, -0.25) is 14.9 Å². The second kappa shape index (κ2) is 7.21. The molecule has 0 radical (unpaired) electrons. The number of alkyl halides is 4. The second-order valence-electron chi connectivity index (χ2n) is 5.74. The van der Waals surface area contributed by atoms with E-state index in [1.54, 1.807) is 6.92 Å². The van der Waals surface area contributed by atoms with Crippen molar-refractivity contribution >= 4 is 22.9 Å². The van der Waals surface area contributed by atoms with E-state index in [2.05, 4.69) is 15.4 Å². The molecule has 28 heavy (non-hydrogen) atoms. The van der Waals surface area contributed by atoms with Gasteiger partial charge < -0.3 is 5.32 Å². The molecule has 0 atom stereocenters. The summed E-state index contributed by atoms with van der Waals surface area (Å²) in [5, 5.41) is 17.1. The number of fused-ring (bicyclic) bond motifs is 1. The Kier molecular flexibility index (Phi) is 4.94. The first kappa shape index (κ1) is 19.2. The molecule has 0 saturated heterocycles. The number of benzene rings is 1. The van der Waals surface area contributed by atoms with E-state index in [0.717, 1.165) is 6.07 Å². The molecular weight excluding hydrogens is 386 g/mol. The molecular formula is C16H11F4N5O3. The van der Waals surface area contributed by atoms with Gasteiger partial charge in [0.15, 0.2) is 11.3 Å². The van der Waals surface area contributed by atoms with Crippen molar-refractivity contribution in [2.24, 2.45) is 0 Å². The largest absolute Gasteiger partial charge is 0.315 e. The number of hydrogen-bond donors (Lipinski definition) is 1. The van der Waals surface area contributed by atoms with Crippen LogP contribution in [0.15, 0.2) is 30.3 Å². The van der Waals surface area contributed by atoms with Gasteiger partial charge in [-0.05, 0) is 24.6 Å². The monoisotopic (exact) mass is 397 g/mol. The molecule has 0 saturated carbocycles. The SMILES string of the molecule is Cc1ccc(NC(=O)c2cc3nc(C(F)F)cc(C(F)F)n3n2)c([N+](=O)[O-])c1. The number of aromatic nitrogens is 3. The van der Waals surface area contributed by atoms with Gasteiger partial charge in [0.1, 0.15) is 17.1 Å². The number of carbonyl (C=O) groups excluding carboxylic acids is 1. The van der Waals surface area contributed by atoms with Crippen LogP contribution in [0.5, 0.6) is 0 Å². The Labute approximate surface area is 154 Å². The van der Waals surface area contributed by atoms with Crippen molar-refractivity contribution in [1.29, 1.82) is 0 Å². The van der Waals surface area contributed by atoms with Crippen molar-refractivity contribution in [2.75, 3.05) is 5.32 Å². The van der Waals surface area contributed by atoms with Crippen LogP contribution in [0, 0.1) is 17.0 Å². The Morgan fingerprint density at radius 1 is 1.18 bits per heavy atom. The van der Waals surface area contributed by atoms with Crippen LogP contribution in [-0.4, -0.2) is 25.4 Å². The van der Waals surface area contributed by atoms with E-state index in [1.807, 2.05) is 0 Å². The van der Waals surface area contributed by atoms with Gasteiger partial charge in [0.25, 0.3) is 24.4 Å². The highest BCUT2D eigenvalue weighted by Gasteiger charge is 2.23. The summed E-state index contributed by atoms with van der Waals surface area (Å²) < 4.78 is 52.6. The van der Waals surface area contributed by atoms with E-state index in [1.165, 1.54) is 18.2 Å². The van der Waals surface area contributed by atoms with Crippen LogP contribution in [0.3, 0.4) is 0 Å². The first-order valence-electron chi connectivity index (χ1n) is 7.70. The van der Waals surface area contributed by atoms with Crippen LogP contribution in [0.2, 0.25) is 0 Å². The third-order valence-corrected chi connectivity index (χ3v) is 3.75. The van der Waals surface area contributed by atoms with Crippen molar-refractivity contribution in [1.82, 2.24) is 14.6 Å². The number of rotatable bonds is 5. The minimum absolute atomic E-state index is 0.132. The zero-order chi connectivity index (χ0) is 20.6. The molecule has 0 fully saturated rings. The lowest BCUT2D eigenvalue weighted by molar-refractivity contribution is -0.384. The van der Waals surface area contributed by atoms with Crippen LogP contribution in [-0.2, 0) is 0 Å². The first-order chi connectivity index (χ1) is 13.2. The predicted molar refractivity (Wildman–Crippen MR) is 88.7 cm³/mol. The smallest absolute Gasteiger partial charge is 0.293 e.